The first-order valence-electron chi connectivity index (χ1n) is 14.3. The zero-order valence-electron chi connectivity index (χ0n) is 23.6. The number of carbonyl (C=O) groups excluding carboxylic acids is 3. The van der Waals surface area contributed by atoms with E-state index in [1.54, 1.807) is 32.0 Å². The Kier molecular flexibility index (Phi) is 11.0. The quantitative estimate of drug-likeness (QED) is 0.286. The maximum absolute atomic E-state index is 13.7. The maximum Gasteiger partial charge on any atom is 0.338 e. The van der Waals surface area contributed by atoms with Gasteiger partial charge in [0.25, 0.3) is 5.91 Å². The smallest absolute Gasteiger partial charge is 0.338 e. The molecule has 0 bridgehead atoms. The molecule has 0 aliphatic heterocycles. The molecule has 4 rings (SSSR count). The Balaban J connectivity index is 0.00000205. The van der Waals surface area contributed by atoms with Gasteiger partial charge < -0.3 is 14.8 Å². The Bertz CT molecular complexity index is 1160. The van der Waals surface area contributed by atoms with E-state index in [0.717, 1.165) is 56.9 Å². The summed E-state index contributed by atoms with van der Waals surface area (Å²) in [5.41, 5.74) is 6.65. The SMILES string of the molecule is CCOC(=O)c1ccc(C2CCC(C)CC2)c2c(C(=O)OCC)ccc(C(=O)NC3CCC(C)CC3)c12.N=O. The lowest BCUT2D eigenvalue weighted by atomic mass is 9.76. The first-order chi connectivity index (χ1) is 18.8. The zero-order chi connectivity index (χ0) is 28.5. The molecule has 39 heavy (non-hydrogen) atoms. The Morgan fingerprint density at radius 2 is 1.18 bits per heavy atom. The van der Waals surface area contributed by atoms with Gasteiger partial charge >= 0.3 is 11.9 Å². The van der Waals surface area contributed by atoms with Gasteiger partial charge in [-0.3, -0.25) is 4.79 Å². The summed E-state index contributed by atoms with van der Waals surface area (Å²) in [7, 11) is 0. The number of hydrogen-bond acceptors (Lipinski definition) is 7. The van der Waals surface area contributed by atoms with Crippen LogP contribution in [0.5, 0.6) is 0 Å². The Labute approximate surface area is 231 Å². The van der Waals surface area contributed by atoms with Gasteiger partial charge in [0.1, 0.15) is 0 Å². The van der Waals surface area contributed by atoms with Crippen molar-refractivity contribution in [3.05, 3.63) is 51.4 Å². The molecule has 1 amide bonds. The van der Waals surface area contributed by atoms with Gasteiger partial charge in [0.05, 0.1) is 24.3 Å². The molecule has 0 atom stereocenters. The summed E-state index contributed by atoms with van der Waals surface area (Å²) in [6.07, 6.45) is 8.31. The molecule has 2 fully saturated rings. The molecule has 2 aromatic carbocycles. The Hall–Kier alpha value is -3.29. The summed E-state index contributed by atoms with van der Waals surface area (Å²) in [5, 5.41) is 4.38. The average molecular weight is 539 g/mol. The lowest BCUT2D eigenvalue weighted by Gasteiger charge is -2.29. The fourth-order valence-electron chi connectivity index (χ4n) is 6.05. The second-order valence-corrected chi connectivity index (χ2v) is 10.9. The lowest BCUT2D eigenvalue weighted by Crippen LogP contribution is -2.37. The van der Waals surface area contributed by atoms with Crippen molar-refractivity contribution in [1.82, 2.24) is 5.32 Å². The standard InChI is InChI=1S/C31H41NO5.HNO/c1-5-36-30(34)25-18-16-24(29(33)32-22-13-9-20(4)10-14-22)28-26(31(35)37-6-2)17-15-23(27(25)28)21-11-7-19(3)8-12-21;1-2/h15-22H,5-14H2,1-4H3,(H,32,33);1H. The van der Waals surface area contributed by atoms with Gasteiger partial charge in [-0.2, -0.15) is 4.91 Å². The molecule has 8 heteroatoms. The van der Waals surface area contributed by atoms with Crippen molar-refractivity contribution in [1.29, 1.82) is 5.59 Å². The van der Waals surface area contributed by atoms with Crippen molar-refractivity contribution < 1.29 is 23.9 Å². The molecule has 0 aromatic heterocycles. The van der Waals surface area contributed by atoms with Crippen LogP contribution < -0.4 is 5.32 Å². The van der Waals surface area contributed by atoms with Crippen LogP contribution in [0.15, 0.2) is 24.3 Å². The van der Waals surface area contributed by atoms with E-state index in [1.165, 1.54) is 0 Å². The van der Waals surface area contributed by atoms with Crippen LogP contribution in [-0.2, 0) is 9.47 Å². The molecule has 2 aliphatic carbocycles. The minimum absolute atomic E-state index is 0.109. The van der Waals surface area contributed by atoms with Crippen molar-refractivity contribution in [2.45, 2.75) is 91.0 Å². The van der Waals surface area contributed by atoms with Gasteiger partial charge in [0.15, 0.2) is 0 Å². The molecule has 0 heterocycles. The van der Waals surface area contributed by atoms with E-state index in [-0.39, 0.29) is 31.1 Å². The predicted molar refractivity (Wildman–Crippen MR) is 151 cm³/mol. The van der Waals surface area contributed by atoms with Crippen LogP contribution in [0.4, 0.5) is 0 Å². The van der Waals surface area contributed by atoms with E-state index >= 15 is 0 Å². The number of amides is 1. The Morgan fingerprint density at radius 3 is 1.72 bits per heavy atom. The van der Waals surface area contributed by atoms with E-state index in [1.807, 2.05) is 6.07 Å². The average Bonchev–Trinajstić information content (AvgIpc) is 2.95. The van der Waals surface area contributed by atoms with Crippen LogP contribution in [0, 0.1) is 22.3 Å². The molecule has 8 nitrogen and oxygen atoms in total. The molecular weight excluding hydrogens is 496 g/mol. The van der Waals surface area contributed by atoms with E-state index in [2.05, 4.69) is 24.8 Å². The van der Waals surface area contributed by atoms with Crippen LogP contribution in [0.1, 0.15) is 122 Å². The number of carbonyl (C=O) groups is 3. The summed E-state index contributed by atoms with van der Waals surface area (Å²) in [4.78, 5) is 47.5. The third-order valence-electron chi connectivity index (χ3n) is 8.23. The van der Waals surface area contributed by atoms with Crippen molar-refractivity contribution in [2.24, 2.45) is 11.8 Å². The number of hydrogen-bond donors (Lipinski definition) is 2. The lowest BCUT2D eigenvalue weighted by molar-refractivity contribution is 0.0517. The minimum Gasteiger partial charge on any atom is -0.462 e. The molecule has 2 saturated carbocycles. The second-order valence-electron chi connectivity index (χ2n) is 10.9. The highest BCUT2D eigenvalue weighted by molar-refractivity contribution is 6.19. The number of fused-ring (bicyclic) bond motifs is 1. The molecule has 0 saturated heterocycles. The van der Waals surface area contributed by atoms with Crippen LogP contribution in [0.3, 0.4) is 0 Å². The third kappa shape index (κ3) is 7.02. The van der Waals surface area contributed by atoms with Gasteiger partial charge in [-0.15, -0.1) is 0 Å². The number of nitroso groups, excluding NO2 is 1. The molecule has 212 valence electrons. The highest BCUT2D eigenvalue weighted by Crippen LogP contribution is 2.41. The second kappa shape index (κ2) is 14.2. The molecular formula is C31H42N2O6. The summed E-state index contributed by atoms with van der Waals surface area (Å²) < 4.78 is 10.8. The van der Waals surface area contributed by atoms with Gasteiger partial charge in [-0.25, -0.2) is 9.59 Å². The molecule has 0 radical (unpaired) electrons. The first kappa shape index (κ1) is 30.3. The first-order valence-corrected chi connectivity index (χ1v) is 14.3. The molecule has 2 aromatic rings. The van der Waals surface area contributed by atoms with E-state index in [9.17, 15) is 14.4 Å². The zero-order valence-corrected chi connectivity index (χ0v) is 23.6. The minimum atomic E-state index is -0.488. The normalized spacial score (nSPS) is 22.8. The molecule has 2 N–H and O–H groups in total. The van der Waals surface area contributed by atoms with Gasteiger partial charge in [-0.05, 0) is 93.9 Å². The summed E-state index contributed by atoms with van der Waals surface area (Å²) in [5.74, 6) is 0.464. The van der Waals surface area contributed by atoms with Crippen molar-refractivity contribution in [3.8, 4) is 0 Å². The summed E-state index contributed by atoms with van der Waals surface area (Å²) in [6, 6.07) is 7.22. The van der Waals surface area contributed by atoms with Crippen LogP contribution in [0.25, 0.3) is 10.8 Å². The van der Waals surface area contributed by atoms with Crippen molar-refractivity contribution in [3.63, 3.8) is 0 Å². The fraction of sp³-hybridized carbons (Fsp3) is 0.581. The highest BCUT2D eigenvalue weighted by Gasteiger charge is 2.30. The Morgan fingerprint density at radius 1 is 0.718 bits per heavy atom. The van der Waals surface area contributed by atoms with Crippen molar-refractivity contribution in [2.75, 3.05) is 13.2 Å². The van der Waals surface area contributed by atoms with Gasteiger partial charge in [0.2, 0.25) is 0 Å². The third-order valence-corrected chi connectivity index (χ3v) is 8.23. The van der Waals surface area contributed by atoms with Crippen LogP contribution >= 0.6 is 0 Å². The molecule has 0 spiro atoms. The van der Waals surface area contributed by atoms with Crippen LogP contribution in [0.2, 0.25) is 0 Å². The number of rotatable bonds is 7. The monoisotopic (exact) mass is 538 g/mol. The number of ether oxygens (including phenoxy) is 2. The molecule has 2 aliphatic rings. The van der Waals surface area contributed by atoms with E-state index in [4.69, 9.17) is 14.4 Å². The summed E-state index contributed by atoms with van der Waals surface area (Å²) in [6.45, 7) is 8.54. The number of benzene rings is 2. The van der Waals surface area contributed by atoms with Gasteiger partial charge in [-0.1, -0.05) is 38.3 Å². The number of esters is 2. The van der Waals surface area contributed by atoms with E-state index in [0.29, 0.717) is 39.3 Å². The van der Waals surface area contributed by atoms with Gasteiger partial charge in [0, 0.05) is 22.4 Å². The molecule has 0 unspecified atom stereocenters. The summed E-state index contributed by atoms with van der Waals surface area (Å²) >= 11 is 0. The maximum atomic E-state index is 13.7. The van der Waals surface area contributed by atoms with Crippen LogP contribution in [-0.4, -0.2) is 37.1 Å². The van der Waals surface area contributed by atoms with Crippen molar-refractivity contribution >= 4 is 28.6 Å². The number of nitrogens with one attached hydrogen (secondary N) is 2. The fourth-order valence-corrected chi connectivity index (χ4v) is 6.05. The largest absolute Gasteiger partial charge is 0.462 e. The topological polar surface area (TPSA) is 123 Å². The highest BCUT2D eigenvalue weighted by atomic mass is 16.5. The van der Waals surface area contributed by atoms with E-state index < -0.39 is 11.9 Å². The predicted octanol–water partition coefficient (Wildman–Crippen LogP) is 7.13.